The summed E-state index contributed by atoms with van der Waals surface area (Å²) in [5.41, 5.74) is 6.57. The monoisotopic (exact) mass is 383 g/mol. The number of aromatic nitrogens is 2. The number of hydrogen-bond donors (Lipinski definition) is 1. The number of pyridine rings is 2. The lowest BCUT2D eigenvalue weighted by atomic mass is 9.94. The van der Waals surface area contributed by atoms with Crippen LogP contribution in [0, 0.1) is 18.6 Å². The standard InChI is InChI=1S/C23H27F2N3/c1-6-20-12-21(15(3)13-27-20)17(5)18(10-16(4)26-7-2)8-9-23-22(25)11-19(24)14-28-23/h7,10-14,26H,2,6,8-9H2,1,3-5H3/b16-10-,18-17-. The Labute approximate surface area is 165 Å². The SMILES string of the molecule is C=CN/C(C)=C\C(CCc1ncc(F)cc1F)=C(\C)c1cc(CC)ncc1C. The quantitative estimate of drug-likeness (QED) is 0.597. The van der Waals surface area contributed by atoms with Crippen molar-refractivity contribution < 1.29 is 8.78 Å². The molecule has 148 valence electrons. The van der Waals surface area contributed by atoms with Gasteiger partial charge in [0.15, 0.2) is 0 Å². The normalized spacial score (nSPS) is 12.6. The molecule has 0 unspecified atom stereocenters. The van der Waals surface area contributed by atoms with E-state index < -0.39 is 11.6 Å². The van der Waals surface area contributed by atoms with E-state index in [1.807, 2.05) is 26.1 Å². The summed E-state index contributed by atoms with van der Waals surface area (Å²) >= 11 is 0. The lowest BCUT2D eigenvalue weighted by molar-refractivity contribution is 0.557. The fourth-order valence-electron chi connectivity index (χ4n) is 3.05. The molecular formula is C23H27F2N3. The van der Waals surface area contributed by atoms with Gasteiger partial charge in [-0.05, 0) is 80.6 Å². The number of nitrogens with zero attached hydrogens (tertiary/aromatic N) is 2. The van der Waals surface area contributed by atoms with Gasteiger partial charge >= 0.3 is 0 Å². The van der Waals surface area contributed by atoms with E-state index in [2.05, 4.69) is 41.8 Å². The van der Waals surface area contributed by atoms with Crippen molar-refractivity contribution in [2.24, 2.45) is 0 Å². The zero-order valence-corrected chi connectivity index (χ0v) is 16.9. The summed E-state index contributed by atoms with van der Waals surface area (Å²) in [6.45, 7) is 11.8. The fraction of sp³-hybridized carbons (Fsp3) is 0.304. The Morgan fingerprint density at radius 2 is 1.93 bits per heavy atom. The van der Waals surface area contributed by atoms with Crippen LogP contribution in [0.3, 0.4) is 0 Å². The lowest BCUT2D eigenvalue weighted by Crippen LogP contribution is -2.03. The maximum atomic E-state index is 14.0. The van der Waals surface area contributed by atoms with E-state index in [1.165, 1.54) is 0 Å². The van der Waals surface area contributed by atoms with Crippen LogP contribution in [0.5, 0.6) is 0 Å². The first kappa shape index (κ1) is 21.5. The molecule has 2 heterocycles. The number of nitrogens with one attached hydrogen (secondary N) is 1. The van der Waals surface area contributed by atoms with Gasteiger partial charge in [0.25, 0.3) is 0 Å². The average molecular weight is 383 g/mol. The van der Waals surface area contributed by atoms with E-state index >= 15 is 0 Å². The number of hydrogen-bond acceptors (Lipinski definition) is 3. The Hall–Kier alpha value is -2.82. The molecule has 5 heteroatoms. The van der Waals surface area contributed by atoms with E-state index in [9.17, 15) is 8.78 Å². The molecule has 28 heavy (non-hydrogen) atoms. The smallest absolute Gasteiger partial charge is 0.147 e. The van der Waals surface area contributed by atoms with Crippen molar-refractivity contribution in [1.29, 1.82) is 0 Å². The minimum absolute atomic E-state index is 0.259. The van der Waals surface area contributed by atoms with Crippen molar-refractivity contribution >= 4 is 5.57 Å². The molecule has 0 atom stereocenters. The molecule has 0 aliphatic carbocycles. The van der Waals surface area contributed by atoms with Crippen LogP contribution < -0.4 is 5.32 Å². The van der Waals surface area contributed by atoms with Crippen LogP contribution in [-0.4, -0.2) is 9.97 Å². The Morgan fingerprint density at radius 1 is 1.18 bits per heavy atom. The Bertz CT molecular complexity index is 914. The van der Waals surface area contributed by atoms with Gasteiger partial charge in [-0.3, -0.25) is 9.97 Å². The summed E-state index contributed by atoms with van der Waals surface area (Å²) in [5.74, 6) is -1.28. The van der Waals surface area contributed by atoms with Crippen LogP contribution in [0.1, 0.15) is 49.7 Å². The van der Waals surface area contributed by atoms with Crippen LogP contribution in [0.25, 0.3) is 5.57 Å². The predicted molar refractivity (Wildman–Crippen MR) is 111 cm³/mol. The van der Waals surface area contributed by atoms with Crippen molar-refractivity contribution in [1.82, 2.24) is 15.3 Å². The Kier molecular flexibility index (Phi) is 7.61. The highest BCUT2D eigenvalue weighted by Crippen LogP contribution is 2.27. The highest BCUT2D eigenvalue weighted by Gasteiger charge is 2.11. The minimum Gasteiger partial charge on any atom is -0.366 e. The molecule has 0 fully saturated rings. The van der Waals surface area contributed by atoms with Crippen molar-refractivity contribution in [3.8, 4) is 0 Å². The summed E-state index contributed by atoms with van der Waals surface area (Å²) in [6, 6.07) is 2.98. The number of halogens is 2. The van der Waals surface area contributed by atoms with Gasteiger partial charge in [-0.25, -0.2) is 8.78 Å². The summed E-state index contributed by atoms with van der Waals surface area (Å²) in [7, 11) is 0. The maximum Gasteiger partial charge on any atom is 0.147 e. The van der Waals surface area contributed by atoms with Crippen LogP contribution in [0.15, 0.2) is 54.7 Å². The van der Waals surface area contributed by atoms with Gasteiger partial charge in [-0.15, -0.1) is 0 Å². The molecule has 1 N–H and O–H groups in total. The van der Waals surface area contributed by atoms with E-state index in [1.54, 1.807) is 6.20 Å². The van der Waals surface area contributed by atoms with Gasteiger partial charge in [0.1, 0.15) is 11.6 Å². The highest BCUT2D eigenvalue weighted by molar-refractivity contribution is 5.71. The maximum absolute atomic E-state index is 14.0. The van der Waals surface area contributed by atoms with Gasteiger partial charge < -0.3 is 5.32 Å². The summed E-state index contributed by atoms with van der Waals surface area (Å²) in [6.07, 6.45) is 8.39. The third-order valence-electron chi connectivity index (χ3n) is 4.64. The van der Waals surface area contributed by atoms with Crippen LogP contribution >= 0.6 is 0 Å². The van der Waals surface area contributed by atoms with Gasteiger partial charge in [0, 0.05) is 23.7 Å². The average Bonchev–Trinajstić information content (AvgIpc) is 2.66. The minimum atomic E-state index is -0.668. The number of rotatable bonds is 8. The van der Waals surface area contributed by atoms with E-state index in [4.69, 9.17) is 0 Å². The molecule has 3 nitrogen and oxygen atoms in total. The molecule has 0 saturated heterocycles. The van der Waals surface area contributed by atoms with Crippen LogP contribution in [-0.2, 0) is 12.8 Å². The van der Waals surface area contributed by atoms with Crippen molar-refractivity contribution in [2.45, 2.75) is 47.0 Å². The Morgan fingerprint density at radius 3 is 2.57 bits per heavy atom. The summed E-state index contributed by atoms with van der Waals surface area (Å²) in [4.78, 5) is 8.35. The second-order valence-electron chi connectivity index (χ2n) is 6.75. The third kappa shape index (κ3) is 5.59. The zero-order valence-electron chi connectivity index (χ0n) is 16.9. The van der Waals surface area contributed by atoms with E-state index in [0.717, 1.165) is 52.3 Å². The Balaban J connectivity index is 2.44. The molecule has 0 radical (unpaired) electrons. The molecule has 2 aromatic heterocycles. The van der Waals surface area contributed by atoms with Gasteiger partial charge in [0.05, 0.1) is 11.9 Å². The highest BCUT2D eigenvalue weighted by atomic mass is 19.1. The summed E-state index contributed by atoms with van der Waals surface area (Å²) in [5, 5.41) is 3.08. The molecule has 0 aromatic carbocycles. The van der Waals surface area contributed by atoms with Crippen molar-refractivity contribution in [2.75, 3.05) is 0 Å². The van der Waals surface area contributed by atoms with E-state index in [-0.39, 0.29) is 5.69 Å². The first-order valence-corrected chi connectivity index (χ1v) is 9.37. The zero-order chi connectivity index (χ0) is 20.7. The second-order valence-corrected chi connectivity index (χ2v) is 6.75. The predicted octanol–water partition coefficient (Wildman–Crippen LogP) is 5.67. The topological polar surface area (TPSA) is 37.8 Å². The van der Waals surface area contributed by atoms with Gasteiger partial charge in [0.2, 0.25) is 0 Å². The second kappa shape index (κ2) is 9.93. The molecule has 0 aliphatic heterocycles. The molecule has 2 aromatic rings. The van der Waals surface area contributed by atoms with Crippen molar-refractivity contribution in [3.63, 3.8) is 0 Å². The number of aryl methyl sites for hydroxylation is 3. The molecule has 0 bridgehead atoms. The molecule has 2 rings (SSSR count). The van der Waals surface area contributed by atoms with Crippen LogP contribution in [0.2, 0.25) is 0 Å². The molecule has 0 amide bonds. The fourth-order valence-corrected chi connectivity index (χ4v) is 3.05. The van der Waals surface area contributed by atoms with Gasteiger partial charge in [-0.1, -0.05) is 13.5 Å². The molecular weight excluding hydrogens is 356 g/mol. The van der Waals surface area contributed by atoms with Crippen molar-refractivity contribution in [3.05, 3.63) is 88.8 Å². The lowest BCUT2D eigenvalue weighted by Gasteiger charge is -2.14. The molecule has 0 aliphatic rings. The number of allylic oxidation sites excluding steroid dienone is 4. The van der Waals surface area contributed by atoms with Crippen LogP contribution in [0.4, 0.5) is 8.78 Å². The third-order valence-corrected chi connectivity index (χ3v) is 4.64. The summed E-state index contributed by atoms with van der Waals surface area (Å²) < 4.78 is 27.1. The van der Waals surface area contributed by atoms with Gasteiger partial charge in [-0.2, -0.15) is 0 Å². The van der Waals surface area contributed by atoms with E-state index in [0.29, 0.717) is 12.8 Å². The first-order valence-electron chi connectivity index (χ1n) is 9.37. The molecule has 0 spiro atoms. The largest absolute Gasteiger partial charge is 0.366 e. The first-order chi connectivity index (χ1) is 13.3. The molecule has 0 saturated carbocycles.